The Balaban J connectivity index is 2.21. The Kier molecular flexibility index (Phi) is 2.14. The SMILES string of the molecule is Cc1cccc(-c2cccc3c2C=CC3)c1. The zero-order valence-electron chi connectivity index (χ0n) is 9.40. The molecule has 16 heavy (non-hydrogen) atoms. The first kappa shape index (κ1) is 9.41. The van der Waals surface area contributed by atoms with Gasteiger partial charge in [-0.15, -0.1) is 0 Å². The third-order valence-corrected chi connectivity index (χ3v) is 3.15. The van der Waals surface area contributed by atoms with E-state index in [1.807, 2.05) is 0 Å². The van der Waals surface area contributed by atoms with Crippen LogP contribution < -0.4 is 0 Å². The molecule has 0 saturated heterocycles. The van der Waals surface area contributed by atoms with Crippen molar-refractivity contribution in [3.63, 3.8) is 0 Å². The minimum atomic E-state index is 1.08. The van der Waals surface area contributed by atoms with Crippen molar-refractivity contribution in [3.8, 4) is 11.1 Å². The first-order valence-corrected chi connectivity index (χ1v) is 5.70. The van der Waals surface area contributed by atoms with E-state index in [0.717, 1.165) is 6.42 Å². The molecule has 3 rings (SSSR count). The van der Waals surface area contributed by atoms with Gasteiger partial charge >= 0.3 is 0 Å². The molecule has 78 valence electrons. The number of hydrogen-bond acceptors (Lipinski definition) is 0. The molecule has 0 bridgehead atoms. The quantitative estimate of drug-likeness (QED) is 0.655. The molecule has 0 saturated carbocycles. The highest BCUT2D eigenvalue weighted by molar-refractivity contribution is 5.79. The standard InChI is InChI=1S/C16H14/c1-12-5-2-8-14(11-12)16-10-4-7-13-6-3-9-15(13)16/h2-5,7-11H,6H2,1H3. The third kappa shape index (κ3) is 1.47. The second-order valence-electron chi connectivity index (χ2n) is 4.35. The highest BCUT2D eigenvalue weighted by Gasteiger charge is 2.10. The van der Waals surface area contributed by atoms with Crippen LogP contribution in [0, 0.1) is 6.92 Å². The van der Waals surface area contributed by atoms with Crippen molar-refractivity contribution in [1.29, 1.82) is 0 Å². The zero-order valence-corrected chi connectivity index (χ0v) is 9.40. The maximum absolute atomic E-state index is 2.25. The predicted molar refractivity (Wildman–Crippen MR) is 69.4 cm³/mol. The van der Waals surface area contributed by atoms with Crippen molar-refractivity contribution < 1.29 is 0 Å². The minimum Gasteiger partial charge on any atom is -0.0795 e. The largest absolute Gasteiger partial charge is 0.0795 e. The van der Waals surface area contributed by atoms with E-state index < -0.39 is 0 Å². The molecule has 0 aromatic heterocycles. The lowest BCUT2D eigenvalue weighted by atomic mass is 9.96. The molecule has 2 aromatic rings. The second kappa shape index (κ2) is 3.64. The number of aryl methyl sites for hydroxylation is 1. The summed E-state index contributed by atoms with van der Waals surface area (Å²) in [7, 11) is 0. The van der Waals surface area contributed by atoms with Crippen LogP contribution in [0.3, 0.4) is 0 Å². The molecule has 0 amide bonds. The van der Waals surface area contributed by atoms with Gasteiger partial charge in [-0.1, -0.05) is 60.2 Å². The average Bonchev–Trinajstić information content (AvgIpc) is 2.76. The van der Waals surface area contributed by atoms with Gasteiger partial charge in [0.1, 0.15) is 0 Å². The lowest BCUT2D eigenvalue weighted by molar-refractivity contribution is 1.31. The van der Waals surface area contributed by atoms with Crippen LogP contribution in [0.25, 0.3) is 17.2 Å². The Labute approximate surface area is 96.3 Å². The van der Waals surface area contributed by atoms with Crippen LogP contribution in [0.4, 0.5) is 0 Å². The molecular formula is C16H14. The Morgan fingerprint density at radius 3 is 2.75 bits per heavy atom. The molecular weight excluding hydrogens is 192 g/mol. The first-order chi connectivity index (χ1) is 7.84. The van der Waals surface area contributed by atoms with Crippen LogP contribution in [0.5, 0.6) is 0 Å². The Hall–Kier alpha value is -1.82. The molecule has 0 atom stereocenters. The smallest absolute Gasteiger partial charge is 0.00879 e. The molecule has 0 N–H and O–H groups in total. The van der Waals surface area contributed by atoms with Crippen LogP contribution in [0.1, 0.15) is 16.7 Å². The molecule has 0 radical (unpaired) electrons. The van der Waals surface area contributed by atoms with E-state index in [-0.39, 0.29) is 0 Å². The van der Waals surface area contributed by atoms with Gasteiger partial charge in [0.2, 0.25) is 0 Å². The molecule has 1 aliphatic rings. The van der Waals surface area contributed by atoms with Crippen LogP contribution in [-0.2, 0) is 6.42 Å². The predicted octanol–water partition coefficient (Wildman–Crippen LogP) is 4.23. The van der Waals surface area contributed by atoms with Gasteiger partial charge in [-0.05, 0) is 35.6 Å². The average molecular weight is 206 g/mol. The monoisotopic (exact) mass is 206 g/mol. The van der Waals surface area contributed by atoms with E-state index in [2.05, 4.69) is 61.5 Å². The first-order valence-electron chi connectivity index (χ1n) is 5.70. The van der Waals surface area contributed by atoms with Crippen LogP contribution in [0.2, 0.25) is 0 Å². The summed E-state index contributed by atoms with van der Waals surface area (Å²) in [5.74, 6) is 0. The van der Waals surface area contributed by atoms with Crippen LogP contribution >= 0.6 is 0 Å². The summed E-state index contributed by atoms with van der Waals surface area (Å²) in [5.41, 5.74) is 6.84. The summed E-state index contributed by atoms with van der Waals surface area (Å²) in [4.78, 5) is 0. The van der Waals surface area contributed by atoms with Crippen molar-refractivity contribution in [2.45, 2.75) is 13.3 Å². The highest BCUT2D eigenvalue weighted by Crippen LogP contribution is 2.31. The number of hydrogen-bond donors (Lipinski definition) is 0. The Bertz CT molecular complexity index is 562. The molecule has 0 heterocycles. The molecule has 0 aliphatic heterocycles. The summed E-state index contributed by atoms with van der Waals surface area (Å²) < 4.78 is 0. The topological polar surface area (TPSA) is 0 Å². The van der Waals surface area contributed by atoms with Crippen molar-refractivity contribution >= 4 is 6.08 Å². The van der Waals surface area contributed by atoms with Crippen molar-refractivity contribution in [3.05, 3.63) is 65.2 Å². The van der Waals surface area contributed by atoms with E-state index >= 15 is 0 Å². The van der Waals surface area contributed by atoms with E-state index in [9.17, 15) is 0 Å². The molecule has 0 nitrogen and oxygen atoms in total. The summed E-state index contributed by atoms with van der Waals surface area (Å²) in [5, 5.41) is 0. The normalized spacial score (nSPS) is 12.8. The Morgan fingerprint density at radius 2 is 1.88 bits per heavy atom. The summed E-state index contributed by atoms with van der Waals surface area (Å²) >= 11 is 0. The highest BCUT2D eigenvalue weighted by atomic mass is 14.1. The fourth-order valence-corrected chi connectivity index (χ4v) is 2.36. The van der Waals surface area contributed by atoms with Gasteiger partial charge in [-0.2, -0.15) is 0 Å². The fraction of sp³-hybridized carbons (Fsp3) is 0.125. The lowest BCUT2D eigenvalue weighted by Gasteiger charge is -2.08. The van der Waals surface area contributed by atoms with Crippen LogP contribution in [0.15, 0.2) is 48.5 Å². The molecule has 0 unspecified atom stereocenters. The third-order valence-electron chi connectivity index (χ3n) is 3.15. The van der Waals surface area contributed by atoms with Gasteiger partial charge in [0, 0.05) is 0 Å². The number of allylic oxidation sites excluding steroid dienone is 1. The van der Waals surface area contributed by atoms with Gasteiger partial charge in [-0.3, -0.25) is 0 Å². The maximum atomic E-state index is 2.25. The van der Waals surface area contributed by atoms with Gasteiger partial charge in [-0.25, -0.2) is 0 Å². The van der Waals surface area contributed by atoms with Crippen molar-refractivity contribution in [2.75, 3.05) is 0 Å². The molecule has 0 spiro atoms. The molecule has 1 aliphatic carbocycles. The van der Waals surface area contributed by atoms with E-state index in [0.29, 0.717) is 0 Å². The summed E-state index contributed by atoms with van der Waals surface area (Å²) in [6.07, 6.45) is 5.56. The van der Waals surface area contributed by atoms with E-state index in [1.165, 1.54) is 27.8 Å². The van der Waals surface area contributed by atoms with Crippen molar-refractivity contribution in [1.82, 2.24) is 0 Å². The summed E-state index contributed by atoms with van der Waals surface area (Å²) in [6, 6.07) is 15.3. The second-order valence-corrected chi connectivity index (χ2v) is 4.35. The number of rotatable bonds is 1. The maximum Gasteiger partial charge on any atom is -0.00879 e. The minimum absolute atomic E-state index is 1.08. The lowest BCUT2D eigenvalue weighted by Crippen LogP contribution is -1.87. The van der Waals surface area contributed by atoms with Gasteiger partial charge in [0.25, 0.3) is 0 Å². The molecule has 2 aromatic carbocycles. The van der Waals surface area contributed by atoms with Crippen molar-refractivity contribution in [2.24, 2.45) is 0 Å². The fourth-order valence-electron chi connectivity index (χ4n) is 2.36. The Morgan fingerprint density at radius 1 is 1.00 bits per heavy atom. The number of benzene rings is 2. The molecule has 0 heteroatoms. The van der Waals surface area contributed by atoms with E-state index in [4.69, 9.17) is 0 Å². The molecule has 0 fully saturated rings. The van der Waals surface area contributed by atoms with Gasteiger partial charge in [0.05, 0.1) is 0 Å². The van der Waals surface area contributed by atoms with Crippen LogP contribution in [-0.4, -0.2) is 0 Å². The zero-order chi connectivity index (χ0) is 11.0. The van der Waals surface area contributed by atoms with Gasteiger partial charge in [0.15, 0.2) is 0 Å². The number of fused-ring (bicyclic) bond motifs is 1. The summed E-state index contributed by atoms with van der Waals surface area (Å²) in [6.45, 7) is 2.14. The van der Waals surface area contributed by atoms with Gasteiger partial charge < -0.3 is 0 Å². The van der Waals surface area contributed by atoms with E-state index in [1.54, 1.807) is 0 Å².